The van der Waals surface area contributed by atoms with E-state index in [2.05, 4.69) is 4.98 Å². The Balaban J connectivity index is 1.69. The molecule has 3 heterocycles. The number of amides is 2. The van der Waals surface area contributed by atoms with E-state index in [-0.39, 0.29) is 22.4 Å². The number of aromatic hydroxyl groups is 1. The van der Waals surface area contributed by atoms with Crippen LogP contribution in [-0.4, -0.2) is 27.2 Å². The van der Waals surface area contributed by atoms with Crippen molar-refractivity contribution in [3.63, 3.8) is 0 Å². The lowest BCUT2D eigenvalue weighted by molar-refractivity contribution is -0.122. The Morgan fingerprint density at radius 1 is 0.929 bits per heavy atom. The van der Waals surface area contributed by atoms with Crippen molar-refractivity contribution in [2.24, 2.45) is 5.92 Å². The third kappa shape index (κ3) is 2.45. The number of aromatic amines is 1. The molecular formula is C20H14N2O4S2. The van der Waals surface area contributed by atoms with Gasteiger partial charge in [-0.05, 0) is 18.2 Å². The Morgan fingerprint density at radius 3 is 2.39 bits per heavy atom. The smallest absolute Gasteiger partial charge is 0.305 e. The Kier molecular flexibility index (Phi) is 3.92. The number of nitrogens with zero attached hydrogens (tertiary/aromatic N) is 1. The lowest BCUT2D eigenvalue weighted by Gasteiger charge is -2.30. The fourth-order valence-corrected chi connectivity index (χ4v) is 6.44. The maximum atomic E-state index is 13.4. The van der Waals surface area contributed by atoms with E-state index in [1.807, 2.05) is 6.07 Å². The van der Waals surface area contributed by atoms with Crippen LogP contribution in [-0.2, 0) is 9.59 Å². The van der Waals surface area contributed by atoms with Crippen LogP contribution in [0.3, 0.4) is 0 Å². The van der Waals surface area contributed by atoms with Crippen molar-refractivity contribution in [2.75, 3.05) is 4.90 Å². The number of thiazole rings is 1. The Bertz CT molecular complexity index is 1150. The second kappa shape index (κ2) is 6.35. The number of hydrogen-bond acceptors (Lipinski definition) is 6. The van der Waals surface area contributed by atoms with Gasteiger partial charge in [0.25, 0.3) is 0 Å². The lowest BCUT2D eigenvalue weighted by atomic mass is 9.82. The number of anilines is 1. The number of fused-ring (bicyclic) bond motifs is 2. The standard InChI is InChI=1S/C20H14N2O4S2/c23-12-9-5-4-8-11(12)13-14-16(27-17-15(13)28-20(26)21-17)19(25)22(18(14)24)10-6-2-1-3-7-10/h1-9,13-14,16,23H,(H,21,26)/t13-,14-,16+/m0/s1. The number of H-pyrrole nitrogens is 1. The van der Waals surface area contributed by atoms with Gasteiger partial charge < -0.3 is 10.1 Å². The Morgan fingerprint density at radius 2 is 1.64 bits per heavy atom. The molecule has 0 radical (unpaired) electrons. The zero-order valence-electron chi connectivity index (χ0n) is 14.4. The molecule has 2 N–H and O–H groups in total. The first-order valence-corrected chi connectivity index (χ1v) is 10.4. The number of carbonyl (C=O) groups is 2. The zero-order valence-corrected chi connectivity index (χ0v) is 16.0. The topological polar surface area (TPSA) is 90.5 Å². The van der Waals surface area contributed by atoms with Crippen LogP contribution in [0.25, 0.3) is 0 Å². The number of aromatic nitrogens is 1. The van der Waals surface area contributed by atoms with Crippen molar-refractivity contribution < 1.29 is 14.7 Å². The van der Waals surface area contributed by atoms with Crippen LogP contribution >= 0.6 is 23.1 Å². The van der Waals surface area contributed by atoms with Crippen molar-refractivity contribution in [1.29, 1.82) is 0 Å². The maximum Gasteiger partial charge on any atom is 0.305 e. The second-order valence-corrected chi connectivity index (χ2v) is 8.82. The predicted octanol–water partition coefficient (Wildman–Crippen LogP) is 2.94. The Labute approximate surface area is 167 Å². The summed E-state index contributed by atoms with van der Waals surface area (Å²) in [4.78, 5) is 43.0. The second-order valence-electron chi connectivity index (χ2n) is 6.66. The number of phenols is 1. The van der Waals surface area contributed by atoms with E-state index in [0.29, 0.717) is 21.2 Å². The molecule has 28 heavy (non-hydrogen) atoms. The average Bonchev–Trinajstić information content (AvgIpc) is 3.18. The number of thioether (sulfide) groups is 1. The van der Waals surface area contributed by atoms with Crippen LogP contribution < -0.4 is 9.77 Å². The maximum absolute atomic E-state index is 13.4. The van der Waals surface area contributed by atoms with Gasteiger partial charge in [0.1, 0.15) is 11.0 Å². The highest BCUT2D eigenvalue weighted by molar-refractivity contribution is 8.00. The number of para-hydroxylation sites is 2. The Hall–Kier alpha value is -2.84. The number of carbonyl (C=O) groups excluding carboxylic acids is 2. The van der Waals surface area contributed by atoms with Gasteiger partial charge in [0, 0.05) is 16.4 Å². The molecule has 0 bridgehead atoms. The van der Waals surface area contributed by atoms with Crippen molar-refractivity contribution >= 4 is 40.6 Å². The molecule has 8 heteroatoms. The van der Waals surface area contributed by atoms with Crippen LogP contribution in [0.4, 0.5) is 5.69 Å². The summed E-state index contributed by atoms with van der Waals surface area (Å²) < 4.78 is 0. The molecule has 2 aliphatic heterocycles. The summed E-state index contributed by atoms with van der Waals surface area (Å²) in [7, 11) is 0. The van der Waals surface area contributed by atoms with E-state index < -0.39 is 17.1 Å². The normalized spacial score (nSPS) is 23.6. The molecule has 1 aromatic heterocycles. The molecular weight excluding hydrogens is 396 g/mol. The first-order valence-electron chi connectivity index (χ1n) is 8.66. The number of nitrogens with one attached hydrogen (secondary N) is 1. The number of imide groups is 1. The zero-order chi connectivity index (χ0) is 19.4. The molecule has 0 spiro atoms. The molecule has 2 aliphatic rings. The van der Waals surface area contributed by atoms with Gasteiger partial charge >= 0.3 is 4.87 Å². The summed E-state index contributed by atoms with van der Waals surface area (Å²) >= 11 is 2.25. The number of rotatable bonds is 2. The van der Waals surface area contributed by atoms with Gasteiger partial charge in [-0.1, -0.05) is 59.5 Å². The highest BCUT2D eigenvalue weighted by Crippen LogP contribution is 2.54. The summed E-state index contributed by atoms with van der Waals surface area (Å²) in [6.07, 6.45) is 0. The van der Waals surface area contributed by atoms with Crippen LogP contribution in [0.2, 0.25) is 0 Å². The van der Waals surface area contributed by atoms with E-state index >= 15 is 0 Å². The molecule has 6 nitrogen and oxygen atoms in total. The SMILES string of the molecule is O=C1[C@H]2[C@H](c3ccccc3O)c3sc(=O)[nH]c3S[C@H]2C(=O)N1c1ccccc1. The van der Waals surface area contributed by atoms with Gasteiger partial charge in [0.05, 0.1) is 16.6 Å². The predicted molar refractivity (Wildman–Crippen MR) is 107 cm³/mol. The van der Waals surface area contributed by atoms with Crippen LogP contribution in [0.15, 0.2) is 64.4 Å². The highest BCUT2D eigenvalue weighted by Gasteiger charge is 2.56. The molecule has 1 fully saturated rings. The molecule has 0 aliphatic carbocycles. The lowest BCUT2D eigenvalue weighted by Crippen LogP contribution is -2.32. The van der Waals surface area contributed by atoms with E-state index in [1.165, 1.54) is 16.7 Å². The summed E-state index contributed by atoms with van der Waals surface area (Å²) in [5, 5.41) is 10.4. The first-order chi connectivity index (χ1) is 13.6. The fourth-order valence-electron chi connectivity index (χ4n) is 3.93. The van der Waals surface area contributed by atoms with Crippen LogP contribution in [0.1, 0.15) is 16.4 Å². The van der Waals surface area contributed by atoms with Gasteiger partial charge in [-0.3, -0.25) is 14.4 Å². The molecule has 0 saturated carbocycles. The quantitative estimate of drug-likeness (QED) is 0.634. The first kappa shape index (κ1) is 17.3. The van der Waals surface area contributed by atoms with Crippen molar-refractivity contribution in [2.45, 2.75) is 16.2 Å². The van der Waals surface area contributed by atoms with E-state index in [0.717, 1.165) is 11.3 Å². The highest BCUT2D eigenvalue weighted by atomic mass is 32.2. The molecule has 5 rings (SSSR count). The molecule has 2 amide bonds. The van der Waals surface area contributed by atoms with Crippen molar-refractivity contribution in [3.05, 3.63) is 74.7 Å². The molecule has 3 aromatic rings. The average molecular weight is 410 g/mol. The third-order valence-electron chi connectivity index (χ3n) is 5.11. The van der Waals surface area contributed by atoms with E-state index in [1.54, 1.807) is 48.5 Å². The molecule has 3 atom stereocenters. The van der Waals surface area contributed by atoms with Gasteiger partial charge in [-0.2, -0.15) is 0 Å². The van der Waals surface area contributed by atoms with E-state index in [4.69, 9.17) is 0 Å². The van der Waals surface area contributed by atoms with Crippen molar-refractivity contribution in [1.82, 2.24) is 4.98 Å². The summed E-state index contributed by atoms with van der Waals surface area (Å²) in [5.74, 6) is -1.82. The molecule has 0 unspecified atom stereocenters. The number of benzene rings is 2. The monoisotopic (exact) mass is 410 g/mol. The van der Waals surface area contributed by atoms with Crippen LogP contribution in [0, 0.1) is 5.92 Å². The molecule has 2 aromatic carbocycles. The number of hydrogen-bond donors (Lipinski definition) is 2. The number of phenolic OH excluding ortho intramolecular Hbond substituents is 1. The minimum absolute atomic E-state index is 0.0448. The minimum atomic E-state index is -0.690. The van der Waals surface area contributed by atoms with Crippen molar-refractivity contribution in [3.8, 4) is 5.75 Å². The van der Waals surface area contributed by atoms with Crippen LogP contribution in [0.5, 0.6) is 5.75 Å². The summed E-state index contributed by atoms with van der Waals surface area (Å²) in [6, 6.07) is 15.6. The van der Waals surface area contributed by atoms with Gasteiger partial charge in [-0.15, -0.1) is 0 Å². The summed E-state index contributed by atoms with van der Waals surface area (Å²) in [6.45, 7) is 0. The largest absolute Gasteiger partial charge is 0.508 e. The fraction of sp³-hybridized carbons (Fsp3) is 0.150. The minimum Gasteiger partial charge on any atom is -0.508 e. The third-order valence-corrected chi connectivity index (χ3v) is 7.51. The van der Waals surface area contributed by atoms with Gasteiger partial charge in [0.15, 0.2) is 0 Å². The molecule has 140 valence electrons. The van der Waals surface area contributed by atoms with E-state index in [9.17, 15) is 19.5 Å². The molecule has 1 saturated heterocycles. The van der Waals surface area contributed by atoms with Gasteiger partial charge in [0.2, 0.25) is 11.8 Å². The van der Waals surface area contributed by atoms with Gasteiger partial charge in [-0.25, -0.2) is 4.90 Å². The summed E-state index contributed by atoms with van der Waals surface area (Å²) in [5.41, 5.74) is 1.07.